The van der Waals surface area contributed by atoms with Crippen LogP contribution in [0.5, 0.6) is 0 Å². The number of anilines is 1. The smallest absolute Gasteiger partial charge is 0.241 e. The number of hydrogen-bond acceptors (Lipinski definition) is 4. The van der Waals surface area contributed by atoms with Crippen molar-refractivity contribution in [2.24, 2.45) is 5.73 Å². The molecule has 1 amide bonds. The fraction of sp³-hybridized carbons (Fsp3) is 0.263. The zero-order chi connectivity index (χ0) is 18.2. The van der Waals surface area contributed by atoms with E-state index in [0.29, 0.717) is 29.0 Å². The standard InChI is InChI=1S/C19H22N2O3S/c1-2-18(22)14-8-10-16(11-9-14)25(24)13-12-17(20)19(23)21-15-6-4-3-5-7-15/h3-11,17H,2,12-13,20H2,1H3,(H,21,23). The van der Waals surface area contributed by atoms with Crippen LogP contribution in [0.15, 0.2) is 59.5 Å². The molecule has 25 heavy (non-hydrogen) atoms. The van der Waals surface area contributed by atoms with Crippen LogP contribution in [0.4, 0.5) is 5.69 Å². The summed E-state index contributed by atoms with van der Waals surface area (Å²) in [7, 11) is 0. The van der Waals surface area contributed by atoms with E-state index in [2.05, 4.69) is 5.32 Å². The Kier molecular flexibility index (Phi) is 7.18. The molecule has 6 heteroatoms. The Balaban J connectivity index is 1.85. The number of carbonyl (C=O) groups is 2. The Morgan fingerprint density at radius 3 is 2.36 bits per heavy atom. The molecule has 2 aromatic carbocycles. The monoisotopic (exact) mass is 358 g/mol. The number of nitrogens with two attached hydrogens (primary N) is 1. The van der Waals surface area contributed by atoms with Crippen LogP contribution in [0.25, 0.3) is 0 Å². The van der Waals surface area contributed by atoms with E-state index in [4.69, 9.17) is 5.73 Å². The van der Waals surface area contributed by atoms with Crippen molar-refractivity contribution < 1.29 is 14.1 Å². The third-order valence-electron chi connectivity index (χ3n) is 3.75. The summed E-state index contributed by atoms with van der Waals surface area (Å²) >= 11 is -1.26. The molecule has 0 heterocycles. The average molecular weight is 358 g/mol. The predicted octanol–water partition coefficient (Wildman–Crippen LogP) is 2.74. The van der Waals surface area contributed by atoms with Crippen LogP contribution < -0.4 is 11.1 Å². The van der Waals surface area contributed by atoms with Gasteiger partial charge in [0.2, 0.25) is 5.91 Å². The van der Waals surface area contributed by atoms with Gasteiger partial charge in [0.1, 0.15) is 5.75 Å². The molecular formula is C19H22N2O3S. The Labute approximate surface area is 150 Å². The molecule has 5 nitrogen and oxygen atoms in total. The molecule has 3 N–H and O–H groups in total. The summed E-state index contributed by atoms with van der Waals surface area (Å²) < 4.78 is 12.3. The van der Waals surface area contributed by atoms with Crippen LogP contribution in [0.2, 0.25) is 0 Å². The molecule has 2 atom stereocenters. The zero-order valence-electron chi connectivity index (χ0n) is 14.1. The first-order valence-electron chi connectivity index (χ1n) is 8.14. The molecule has 0 saturated heterocycles. The molecule has 0 aliphatic heterocycles. The van der Waals surface area contributed by atoms with Gasteiger partial charge < -0.3 is 15.6 Å². The van der Waals surface area contributed by atoms with Gasteiger partial charge in [0.25, 0.3) is 0 Å². The van der Waals surface area contributed by atoms with E-state index in [0.717, 1.165) is 0 Å². The van der Waals surface area contributed by atoms with E-state index in [1.807, 2.05) is 18.2 Å². The number of benzene rings is 2. The lowest BCUT2D eigenvalue weighted by Crippen LogP contribution is -2.37. The first kappa shape index (κ1) is 19.2. The van der Waals surface area contributed by atoms with Gasteiger partial charge >= 0.3 is 0 Å². The Morgan fingerprint density at radius 2 is 1.76 bits per heavy atom. The molecular weight excluding hydrogens is 336 g/mol. The summed E-state index contributed by atoms with van der Waals surface area (Å²) in [5, 5.41) is 2.73. The summed E-state index contributed by atoms with van der Waals surface area (Å²) in [6.45, 7) is 1.80. The number of hydrogen-bond donors (Lipinski definition) is 2. The second-order valence-electron chi connectivity index (χ2n) is 5.60. The number of nitrogens with one attached hydrogen (secondary N) is 1. The van der Waals surface area contributed by atoms with Gasteiger partial charge in [-0.1, -0.05) is 25.1 Å². The average Bonchev–Trinajstić information content (AvgIpc) is 2.66. The first-order chi connectivity index (χ1) is 12.0. The van der Waals surface area contributed by atoms with Crippen molar-refractivity contribution in [2.45, 2.75) is 30.7 Å². The minimum Gasteiger partial charge on any atom is -0.611 e. The number of rotatable bonds is 8. The van der Waals surface area contributed by atoms with E-state index < -0.39 is 17.2 Å². The minimum absolute atomic E-state index is 0.0527. The van der Waals surface area contributed by atoms with Gasteiger partial charge in [-0.3, -0.25) is 9.59 Å². The molecule has 2 aromatic rings. The van der Waals surface area contributed by atoms with Crippen LogP contribution in [-0.4, -0.2) is 28.0 Å². The molecule has 0 bridgehead atoms. The summed E-state index contributed by atoms with van der Waals surface area (Å²) in [5.41, 5.74) is 7.18. The molecule has 0 spiro atoms. The second kappa shape index (κ2) is 9.36. The van der Waals surface area contributed by atoms with Crippen LogP contribution in [0.1, 0.15) is 30.1 Å². The largest absolute Gasteiger partial charge is 0.611 e. The number of carbonyl (C=O) groups excluding carboxylic acids is 2. The van der Waals surface area contributed by atoms with Crippen LogP contribution in [0, 0.1) is 0 Å². The normalized spacial score (nSPS) is 13.1. The maximum absolute atomic E-state index is 12.3. The highest BCUT2D eigenvalue weighted by atomic mass is 32.2. The highest BCUT2D eigenvalue weighted by molar-refractivity contribution is 7.91. The third kappa shape index (κ3) is 5.70. The van der Waals surface area contributed by atoms with Gasteiger partial charge in [-0.05, 0) is 47.6 Å². The van der Waals surface area contributed by atoms with E-state index in [1.54, 1.807) is 43.3 Å². The number of Topliss-reactive ketones (excluding diaryl/α,β-unsaturated/α-hetero) is 1. The molecule has 0 saturated carbocycles. The Bertz CT molecular complexity index is 704. The first-order valence-corrected chi connectivity index (χ1v) is 9.46. The lowest BCUT2D eigenvalue weighted by Gasteiger charge is -2.15. The quantitative estimate of drug-likeness (QED) is 0.560. The predicted molar refractivity (Wildman–Crippen MR) is 100 cm³/mol. The lowest BCUT2D eigenvalue weighted by atomic mass is 10.1. The summed E-state index contributed by atoms with van der Waals surface area (Å²) in [6, 6.07) is 15.1. The molecule has 2 rings (SSSR count). The molecule has 0 aliphatic carbocycles. The number of para-hydroxylation sites is 1. The van der Waals surface area contributed by atoms with Crippen molar-refractivity contribution in [3.05, 3.63) is 60.2 Å². The summed E-state index contributed by atoms with van der Waals surface area (Å²) in [6.07, 6.45) is 0.745. The molecule has 0 fully saturated rings. The topological polar surface area (TPSA) is 95.2 Å². The van der Waals surface area contributed by atoms with Gasteiger partial charge in [-0.2, -0.15) is 0 Å². The molecule has 132 valence electrons. The van der Waals surface area contributed by atoms with Crippen LogP contribution >= 0.6 is 0 Å². The van der Waals surface area contributed by atoms with Gasteiger partial charge in [-0.25, -0.2) is 0 Å². The Morgan fingerprint density at radius 1 is 1.12 bits per heavy atom. The van der Waals surface area contributed by atoms with Gasteiger partial charge in [0.05, 0.1) is 6.04 Å². The van der Waals surface area contributed by atoms with Crippen molar-refractivity contribution >= 4 is 28.6 Å². The van der Waals surface area contributed by atoms with Gasteiger partial charge in [0.15, 0.2) is 10.7 Å². The van der Waals surface area contributed by atoms with Gasteiger partial charge in [0, 0.05) is 24.1 Å². The minimum atomic E-state index is -1.26. The van der Waals surface area contributed by atoms with Crippen molar-refractivity contribution in [3.8, 4) is 0 Å². The van der Waals surface area contributed by atoms with Gasteiger partial charge in [-0.15, -0.1) is 0 Å². The SMILES string of the molecule is CCC(=O)c1ccc([S+]([O-])CCC(N)C(=O)Nc2ccccc2)cc1. The number of ketones is 1. The van der Waals surface area contributed by atoms with Crippen molar-refractivity contribution in [2.75, 3.05) is 11.1 Å². The summed E-state index contributed by atoms with van der Waals surface area (Å²) in [4.78, 5) is 24.3. The lowest BCUT2D eigenvalue weighted by molar-refractivity contribution is -0.117. The molecule has 0 aromatic heterocycles. The maximum atomic E-state index is 12.3. The van der Waals surface area contributed by atoms with E-state index in [9.17, 15) is 14.1 Å². The summed E-state index contributed by atoms with van der Waals surface area (Å²) in [5.74, 6) is 0.0359. The third-order valence-corrected chi connectivity index (χ3v) is 5.16. The van der Waals surface area contributed by atoms with Crippen LogP contribution in [0.3, 0.4) is 0 Å². The second-order valence-corrected chi connectivity index (χ2v) is 7.17. The highest BCUT2D eigenvalue weighted by Gasteiger charge is 2.19. The Hall–Kier alpha value is -2.15. The molecule has 0 radical (unpaired) electrons. The van der Waals surface area contributed by atoms with E-state index >= 15 is 0 Å². The molecule has 2 unspecified atom stereocenters. The number of amides is 1. The highest BCUT2D eigenvalue weighted by Crippen LogP contribution is 2.15. The van der Waals surface area contributed by atoms with Crippen molar-refractivity contribution in [3.63, 3.8) is 0 Å². The molecule has 0 aliphatic rings. The van der Waals surface area contributed by atoms with Crippen molar-refractivity contribution in [1.82, 2.24) is 0 Å². The van der Waals surface area contributed by atoms with E-state index in [-0.39, 0.29) is 17.4 Å². The maximum Gasteiger partial charge on any atom is 0.241 e. The zero-order valence-corrected chi connectivity index (χ0v) is 14.9. The fourth-order valence-electron chi connectivity index (χ4n) is 2.24. The van der Waals surface area contributed by atoms with Crippen LogP contribution in [-0.2, 0) is 16.0 Å². The fourth-order valence-corrected chi connectivity index (χ4v) is 3.38. The van der Waals surface area contributed by atoms with E-state index in [1.165, 1.54) is 0 Å². The van der Waals surface area contributed by atoms with Crippen molar-refractivity contribution in [1.29, 1.82) is 0 Å².